The lowest BCUT2D eigenvalue weighted by Crippen LogP contribution is -2.37. The lowest BCUT2D eigenvalue weighted by atomic mass is 10.1. The summed E-state index contributed by atoms with van der Waals surface area (Å²) in [5.41, 5.74) is 2.71. The molecule has 0 spiro atoms. The SMILES string of the molecule is COCCn1c2nc(=O)n(-c3ccc(O)cc3)c(=O)c-2nc2cc(C)c(C)cc21. The summed E-state index contributed by atoms with van der Waals surface area (Å²) in [4.78, 5) is 34.7. The van der Waals surface area contributed by atoms with E-state index in [0.29, 0.717) is 24.4 Å². The zero-order valence-electron chi connectivity index (χ0n) is 16.3. The van der Waals surface area contributed by atoms with E-state index in [-0.39, 0.29) is 17.3 Å². The number of hydrogen-bond donors (Lipinski definition) is 1. The molecule has 0 unspecified atom stereocenters. The third-order valence-corrected chi connectivity index (χ3v) is 5.01. The molecule has 1 N–H and O–H groups in total. The van der Waals surface area contributed by atoms with E-state index >= 15 is 0 Å². The summed E-state index contributed by atoms with van der Waals surface area (Å²) in [5, 5.41) is 9.49. The highest BCUT2D eigenvalue weighted by atomic mass is 16.5. The summed E-state index contributed by atoms with van der Waals surface area (Å²) in [6, 6.07) is 9.68. The summed E-state index contributed by atoms with van der Waals surface area (Å²) in [7, 11) is 1.59. The van der Waals surface area contributed by atoms with Crippen LogP contribution >= 0.6 is 0 Å². The molecule has 0 aliphatic carbocycles. The van der Waals surface area contributed by atoms with Gasteiger partial charge in [0.1, 0.15) is 5.75 Å². The first kappa shape index (κ1) is 18.8. The van der Waals surface area contributed by atoms with Gasteiger partial charge in [-0.3, -0.25) is 4.79 Å². The Balaban J connectivity index is 2.10. The molecule has 2 aromatic carbocycles. The van der Waals surface area contributed by atoms with Gasteiger partial charge in [-0.05, 0) is 61.4 Å². The Morgan fingerprint density at radius 3 is 2.41 bits per heavy atom. The number of aryl methyl sites for hydroxylation is 2. The van der Waals surface area contributed by atoms with Crippen LogP contribution < -0.4 is 11.2 Å². The molecule has 2 heterocycles. The molecule has 0 amide bonds. The molecule has 0 bridgehead atoms. The van der Waals surface area contributed by atoms with E-state index in [0.717, 1.165) is 21.2 Å². The van der Waals surface area contributed by atoms with Gasteiger partial charge in [-0.25, -0.2) is 14.3 Å². The zero-order valence-corrected chi connectivity index (χ0v) is 16.3. The molecule has 8 heteroatoms. The lowest BCUT2D eigenvalue weighted by Gasteiger charge is -2.18. The van der Waals surface area contributed by atoms with Crippen molar-refractivity contribution in [3.8, 4) is 23.0 Å². The molecule has 4 rings (SSSR count). The Hall–Kier alpha value is -3.52. The third kappa shape index (κ3) is 3.17. The van der Waals surface area contributed by atoms with Crippen LogP contribution in [0.1, 0.15) is 11.1 Å². The van der Waals surface area contributed by atoms with Crippen molar-refractivity contribution in [3.63, 3.8) is 0 Å². The number of hydrogen-bond acceptors (Lipinski definition) is 6. The summed E-state index contributed by atoms with van der Waals surface area (Å²) >= 11 is 0. The van der Waals surface area contributed by atoms with Crippen molar-refractivity contribution in [3.05, 3.63) is 68.4 Å². The maximum atomic E-state index is 13.2. The van der Waals surface area contributed by atoms with Gasteiger partial charge in [0.05, 0.1) is 23.3 Å². The molecule has 2 aromatic rings. The fourth-order valence-electron chi connectivity index (χ4n) is 3.33. The minimum absolute atomic E-state index is 0.0374. The Labute approximate surface area is 166 Å². The first-order chi connectivity index (χ1) is 13.9. The van der Waals surface area contributed by atoms with Gasteiger partial charge < -0.3 is 14.4 Å². The fraction of sp³-hybridized carbons (Fsp3) is 0.238. The largest absolute Gasteiger partial charge is 0.508 e. The Morgan fingerprint density at radius 2 is 1.72 bits per heavy atom. The van der Waals surface area contributed by atoms with Crippen molar-refractivity contribution < 1.29 is 9.84 Å². The predicted molar refractivity (Wildman–Crippen MR) is 109 cm³/mol. The molecule has 2 aliphatic heterocycles. The number of rotatable bonds is 4. The number of nitrogens with zero attached hydrogens (tertiary/aromatic N) is 4. The average Bonchev–Trinajstić information content (AvgIpc) is 2.69. The number of phenolic OH excluding ortho intramolecular Hbond substituents is 1. The topological polar surface area (TPSA) is 99.2 Å². The Morgan fingerprint density at radius 1 is 1.03 bits per heavy atom. The summed E-state index contributed by atoms with van der Waals surface area (Å²) in [6.45, 7) is 4.79. The van der Waals surface area contributed by atoms with Crippen LogP contribution in [0, 0.1) is 13.8 Å². The second kappa shape index (κ2) is 7.14. The molecule has 148 valence electrons. The van der Waals surface area contributed by atoms with E-state index in [9.17, 15) is 14.7 Å². The van der Waals surface area contributed by atoms with E-state index in [1.807, 2.05) is 26.0 Å². The molecule has 0 atom stereocenters. The number of phenols is 1. The van der Waals surface area contributed by atoms with Gasteiger partial charge in [0.25, 0.3) is 5.56 Å². The van der Waals surface area contributed by atoms with Crippen LogP contribution in [0.2, 0.25) is 0 Å². The van der Waals surface area contributed by atoms with Crippen LogP contribution in [0.5, 0.6) is 5.75 Å². The van der Waals surface area contributed by atoms with Crippen LogP contribution in [0.15, 0.2) is 46.0 Å². The van der Waals surface area contributed by atoms with Crippen molar-refractivity contribution in [1.29, 1.82) is 0 Å². The zero-order chi connectivity index (χ0) is 20.7. The van der Waals surface area contributed by atoms with Crippen molar-refractivity contribution in [2.24, 2.45) is 0 Å². The summed E-state index contributed by atoms with van der Waals surface area (Å²) in [5.74, 6) is 0.262. The van der Waals surface area contributed by atoms with Crippen LogP contribution in [0.4, 0.5) is 0 Å². The molecule has 0 radical (unpaired) electrons. The van der Waals surface area contributed by atoms with E-state index in [2.05, 4.69) is 9.97 Å². The highest BCUT2D eigenvalue weighted by Gasteiger charge is 2.22. The number of ether oxygens (including phenoxy) is 1. The van der Waals surface area contributed by atoms with Crippen LogP contribution in [0.25, 0.3) is 28.2 Å². The van der Waals surface area contributed by atoms with Gasteiger partial charge >= 0.3 is 5.69 Å². The summed E-state index contributed by atoms with van der Waals surface area (Å²) in [6.07, 6.45) is 0. The number of fused-ring (bicyclic) bond motifs is 2. The normalized spacial score (nSPS) is 11.4. The third-order valence-electron chi connectivity index (χ3n) is 5.01. The molecule has 0 saturated heterocycles. The summed E-state index contributed by atoms with van der Waals surface area (Å²) < 4.78 is 7.97. The minimum atomic E-state index is -0.704. The molecular weight excluding hydrogens is 372 g/mol. The molecule has 29 heavy (non-hydrogen) atoms. The molecule has 0 fully saturated rings. The first-order valence-corrected chi connectivity index (χ1v) is 9.13. The van der Waals surface area contributed by atoms with Gasteiger partial charge in [0.15, 0.2) is 11.5 Å². The van der Waals surface area contributed by atoms with E-state index < -0.39 is 11.2 Å². The van der Waals surface area contributed by atoms with Crippen molar-refractivity contribution in [1.82, 2.24) is 19.1 Å². The standard InChI is InChI=1S/C21H20N4O4/c1-12-10-16-17(11-13(12)2)24(8-9-29-3)19-18(22-16)20(27)25(21(28)23-19)14-4-6-15(26)7-5-14/h4-7,10-11,26H,8-9H2,1-3H3. The van der Waals surface area contributed by atoms with Crippen molar-refractivity contribution in [2.75, 3.05) is 13.7 Å². The molecule has 0 aromatic heterocycles. The van der Waals surface area contributed by atoms with Gasteiger partial charge in [0.2, 0.25) is 0 Å². The lowest BCUT2D eigenvalue weighted by molar-refractivity contribution is 0.188. The fourth-order valence-corrected chi connectivity index (χ4v) is 3.33. The second-order valence-electron chi connectivity index (χ2n) is 6.90. The number of benzene rings is 2. The van der Waals surface area contributed by atoms with Crippen LogP contribution in [-0.4, -0.2) is 37.9 Å². The van der Waals surface area contributed by atoms with Gasteiger partial charge in [0, 0.05) is 13.7 Å². The maximum absolute atomic E-state index is 13.2. The molecule has 2 aliphatic rings. The molecule has 8 nitrogen and oxygen atoms in total. The Kier molecular flexibility index (Phi) is 4.63. The average molecular weight is 392 g/mol. The Bertz CT molecular complexity index is 1310. The highest BCUT2D eigenvalue weighted by Crippen LogP contribution is 2.24. The molecular formula is C21H20N4O4. The highest BCUT2D eigenvalue weighted by molar-refractivity contribution is 5.81. The van der Waals surface area contributed by atoms with E-state index in [1.165, 1.54) is 24.3 Å². The van der Waals surface area contributed by atoms with Crippen molar-refractivity contribution >= 4 is 11.0 Å². The van der Waals surface area contributed by atoms with E-state index in [4.69, 9.17) is 4.74 Å². The number of aromatic nitrogens is 4. The monoisotopic (exact) mass is 392 g/mol. The van der Waals surface area contributed by atoms with Gasteiger partial charge in [-0.2, -0.15) is 4.98 Å². The van der Waals surface area contributed by atoms with Gasteiger partial charge in [-0.15, -0.1) is 0 Å². The maximum Gasteiger partial charge on any atom is 0.357 e. The van der Waals surface area contributed by atoms with E-state index in [1.54, 1.807) is 11.7 Å². The minimum Gasteiger partial charge on any atom is -0.508 e. The number of methoxy groups -OCH3 is 1. The van der Waals surface area contributed by atoms with Crippen LogP contribution in [0.3, 0.4) is 0 Å². The predicted octanol–water partition coefficient (Wildman–Crippen LogP) is 2.02. The molecule has 0 saturated carbocycles. The smallest absolute Gasteiger partial charge is 0.357 e. The van der Waals surface area contributed by atoms with Gasteiger partial charge in [-0.1, -0.05) is 0 Å². The van der Waals surface area contributed by atoms with Crippen LogP contribution in [-0.2, 0) is 11.3 Å². The number of aromatic hydroxyl groups is 1. The second-order valence-corrected chi connectivity index (χ2v) is 6.90. The van der Waals surface area contributed by atoms with Crippen molar-refractivity contribution in [2.45, 2.75) is 20.4 Å². The first-order valence-electron chi connectivity index (χ1n) is 9.13. The quantitative estimate of drug-likeness (QED) is 0.534.